The summed E-state index contributed by atoms with van der Waals surface area (Å²) in [5.74, 6) is 2.53. The summed E-state index contributed by atoms with van der Waals surface area (Å²) >= 11 is 0. The Labute approximate surface area is 417 Å². The van der Waals surface area contributed by atoms with E-state index < -0.39 is 28.9 Å². The standard InChI is InChI=1S/C59H53N5O8/c1-67-47-28-20-42(21-29-47)58(41-16-10-6-11-17-41,43-22-30-48(68-2)31-23-43)57(66)36-52(64-39-62-53-54(60-38-61-55(53)64)63-56(65)40-14-8-5-9-15-40)72-51(57)37-71-59(44-18-12-7-13-19-44,45-24-32-49(69-3)33-25-45)46-26-34-50(70-4)35-27-46/h5-35,38-39,51-52,66H,36-37H2,1-4H3,(H,60,61,63,65)/t51-,52-,57+/m1/s1. The van der Waals surface area contributed by atoms with Gasteiger partial charge in [-0.05, 0) is 94.0 Å². The first kappa shape index (κ1) is 47.3. The van der Waals surface area contributed by atoms with Gasteiger partial charge in [0.1, 0.15) is 52.9 Å². The molecule has 1 aliphatic rings. The topological polar surface area (TPSA) is 148 Å². The van der Waals surface area contributed by atoms with Gasteiger partial charge in [0, 0.05) is 12.0 Å². The van der Waals surface area contributed by atoms with Crippen LogP contribution in [-0.2, 0) is 20.5 Å². The third-order valence-electron chi connectivity index (χ3n) is 13.8. The van der Waals surface area contributed by atoms with Crippen LogP contribution in [0.4, 0.5) is 5.82 Å². The molecule has 2 N–H and O–H groups in total. The molecule has 10 rings (SSSR count). The first-order valence-electron chi connectivity index (χ1n) is 23.5. The van der Waals surface area contributed by atoms with E-state index in [1.807, 2.05) is 164 Å². The van der Waals surface area contributed by atoms with Gasteiger partial charge in [-0.15, -0.1) is 0 Å². The quantitative estimate of drug-likeness (QED) is 0.0841. The van der Waals surface area contributed by atoms with E-state index in [9.17, 15) is 9.90 Å². The van der Waals surface area contributed by atoms with Crippen molar-refractivity contribution >= 4 is 22.9 Å². The summed E-state index contributed by atoms with van der Waals surface area (Å²) in [6.07, 6.45) is 0.999. The molecule has 0 unspecified atom stereocenters. The minimum atomic E-state index is -1.85. The van der Waals surface area contributed by atoms with Gasteiger partial charge in [-0.25, -0.2) is 15.0 Å². The number of carbonyl (C=O) groups excluding carboxylic acids is 1. The molecule has 362 valence electrons. The van der Waals surface area contributed by atoms with Crippen LogP contribution < -0.4 is 24.3 Å². The Balaban J connectivity index is 1.19. The fourth-order valence-electron chi connectivity index (χ4n) is 10.3. The molecule has 2 aromatic heterocycles. The van der Waals surface area contributed by atoms with Gasteiger partial charge < -0.3 is 38.8 Å². The van der Waals surface area contributed by atoms with E-state index in [1.165, 1.54) is 6.33 Å². The van der Waals surface area contributed by atoms with E-state index in [0.29, 0.717) is 39.7 Å². The summed E-state index contributed by atoms with van der Waals surface area (Å²) in [5, 5.41) is 17.7. The summed E-state index contributed by atoms with van der Waals surface area (Å²) < 4.78 is 39.5. The van der Waals surface area contributed by atoms with Crippen LogP contribution in [0.1, 0.15) is 56.4 Å². The lowest BCUT2D eigenvalue weighted by Gasteiger charge is -2.49. The lowest BCUT2D eigenvalue weighted by atomic mass is 9.57. The summed E-state index contributed by atoms with van der Waals surface area (Å²) in [4.78, 5) is 27.4. The van der Waals surface area contributed by atoms with Crippen molar-refractivity contribution in [1.29, 1.82) is 0 Å². The van der Waals surface area contributed by atoms with E-state index in [0.717, 1.165) is 33.4 Å². The summed E-state index contributed by atoms with van der Waals surface area (Å²) in [7, 11) is 6.52. The van der Waals surface area contributed by atoms with Crippen LogP contribution >= 0.6 is 0 Å². The van der Waals surface area contributed by atoms with Crippen LogP contribution in [0.3, 0.4) is 0 Å². The number of amides is 1. The summed E-state index contributed by atoms with van der Waals surface area (Å²) in [6.45, 7) is -0.152. The molecule has 0 bridgehead atoms. The van der Waals surface area contributed by atoms with Crippen molar-refractivity contribution in [3.8, 4) is 23.0 Å². The molecule has 0 saturated carbocycles. The van der Waals surface area contributed by atoms with Crippen molar-refractivity contribution < 1.29 is 38.3 Å². The Hall–Kier alpha value is -8.36. The molecule has 13 nitrogen and oxygen atoms in total. The van der Waals surface area contributed by atoms with Gasteiger partial charge in [-0.1, -0.05) is 127 Å². The molecule has 1 amide bonds. The van der Waals surface area contributed by atoms with Gasteiger partial charge in [0.2, 0.25) is 0 Å². The molecule has 1 saturated heterocycles. The molecular weight excluding hydrogens is 907 g/mol. The number of nitrogens with one attached hydrogen (secondary N) is 1. The highest BCUT2D eigenvalue weighted by molar-refractivity contribution is 6.06. The van der Waals surface area contributed by atoms with Gasteiger partial charge in [0.05, 0.1) is 46.8 Å². The fraction of sp³-hybridized carbons (Fsp3) is 0.186. The normalized spacial score (nSPS) is 16.8. The van der Waals surface area contributed by atoms with Crippen molar-refractivity contribution in [2.75, 3.05) is 40.4 Å². The number of aliphatic hydroxyl groups is 1. The van der Waals surface area contributed by atoms with E-state index in [4.69, 9.17) is 38.4 Å². The number of carbonyl (C=O) groups is 1. The minimum Gasteiger partial charge on any atom is -0.497 e. The molecule has 1 aliphatic heterocycles. The molecule has 0 aliphatic carbocycles. The predicted octanol–water partition coefficient (Wildman–Crippen LogP) is 10.2. The van der Waals surface area contributed by atoms with Crippen LogP contribution in [0.25, 0.3) is 11.2 Å². The number of anilines is 1. The SMILES string of the molecule is COc1ccc(C(OC[C@H]2O[C@@H](n3cnc4c(NC(=O)c5ccccc5)ncnc43)C[C@@]2(O)C(c2ccccc2)(c2ccc(OC)cc2)c2ccc(OC)cc2)(c2ccccc2)c2ccc(OC)cc2)cc1. The maximum Gasteiger partial charge on any atom is 0.256 e. The third-order valence-corrected chi connectivity index (χ3v) is 13.8. The highest BCUT2D eigenvalue weighted by Crippen LogP contribution is 2.57. The van der Waals surface area contributed by atoms with Crippen LogP contribution in [0.2, 0.25) is 0 Å². The summed E-state index contributed by atoms with van der Waals surface area (Å²) in [5.41, 5.74) is 1.45. The molecule has 3 heterocycles. The Morgan fingerprint density at radius 3 is 1.51 bits per heavy atom. The number of imidazole rings is 1. The highest BCUT2D eigenvalue weighted by atomic mass is 16.6. The van der Waals surface area contributed by atoms with Crippen molar-refractivity contribution in [3.05, 3.63) is 240 Å². The molecule has 72 heavy (non-hydrogen) atoms. The van der Waals surface area contributed by atoms with Crippen LogP contribution in [0.15, 0.2) is 201 Å². The zero-order valence-corrected chi connectivity index (χ0v) is 40.2. The first-order valence-corrected chi connectivity index (χ1v) is 23.5. The largest absolute Gasteiger partial charge is 0.497 e. The second kappa shape index (κ2) is 20.2. The highest BCUT2D eigenvalue weighted by Gasteiger charge is 2.64. The van der Waals surface area contributed by atoms with Crippen LogP contribution in [-0.4, -0.2) is 77.3 Å². The number of ether oxygens (including phenoxy) is 6. The van der Waals surface area contributed by atoms with E-state index >= 15 is 0 Å². The molecule has 1 fully saturated rings. The Bertz CT molecular complexity index is 3150. The Kier molecular flexibility index (Phi) is 13.3. The minimum absolute atomic E-state index is 0.00143. The lowest BCUT2D eigenvalue weighted by Crippen LogP contribution is -2.59. The maximum atomic E-state index is 14.7. The Morgan fingerprint density at radius 1 is 0.597 bits per heavy atom. The van der Waals surface area contributed by atoms with Crippen molar-refractivity contribution in [3.63, 3.8) is 0 Å². The van der Waals surface area contributed by atoms with Crippen molar-refractivity contribution in [1.82, 2.24) is 19.5 Å². The molecule has 0 spiro atoms. The molecule has 0 radical (unpaired) electrons. The van der Waals surface area contributed by atoms with E-state index in [1.54, 1.807) is 63.6 Å². The molecule has 13 heteroatoms. The molecule has 7 aromatic carbocycles. The number of hydrogen-bond acceptors (Lipinski definition) is 11. The summed E-state index contributed by atoms with van der Waals surface area (Å²) in [6, 6.07) is 60.0. The fourth-order valence-corrected chi connectivity index (χ4v) is 10.3. The number of methoxy groups -OCH3 is 4. The number of nitrogens with zero attached hydrogens (tertiary/aromatic N) is 4. The zero-order valence-electron chi connectivity index (χ0n) is 40.2. The van der Waals surface area contributed by atoms with Gasteiger partial charge in [-0.2, -0.15) is 0 Å². The number of rotatable bonds is 17. The molecule has 9 aromatic rings. The second-order valence-electron chi connectivity index (χ2n) is 17.5. The van der Waals surface area contributed by atoms with Gasteiger partial charge >= 0.3 is 0 Å². The average molecular weight is 960 g/mol. The van der Waals surface area contributed by atoms with Gasteiger partial charge in [-0.3, -0.25) is 9.36 Å². The van der Waals surface area contributed by atoms with Crippen LogP contribution in [0.5, 0.6) is 23.0 Å². The van der Waals surface area contributed by atoms with Crippen molar-refractivity contribution in [2.24, 2.45) is 0 Å². The third kappa shape index (κ3) is 8.36. The number of fused-ring (bicyclic) bond motifs is 1. The smallest absolute Gasteiger partial charge is 0.256 e. The van der Waals surface area contributed by atoms with Gasteiger partial charge in [0.15, 0.2) is 17.0 Å². The zero-order chi connectivity index (χ0) is 49.7. The van der Waals surface area contributed by atoms with Gasteiger partial charge in [0.25, 0.3) is 5.91 Å². The average Bonchev–Trinajstić information content (AvgIpc) is 4.04. The lowest BCUT2D eigenvalue weighted by molar-refractivity contribution is -0.133. The number of hydrogen-bond donors (Lipinski definition) is 2. The predicted molar refractivity (Wildman–Crippen MR) is 274 cm³/mol. The molecular formula is C59H53N5O8. The second-order valence-corrected chi connectivity index (χ2v) is 17.5. The molecule has 3 atom stereocenters. The van der Waals surface area contributed by atoms with Crippen LogP contribution in [0, 0.1) is 0 Å². The Morgan fingerprint density at radius 2 is 1.03 bits per heavy atom. The van der Waals surface area contributed by atoms with E-state index in [-0.39, 0.29) is 24.8 Å². The first-order chi connectivity index (χ1) is 35.2. The van der Waals surface area contributed by atoms with Crippen molar-refractivity contribution in [2.45, 2.75) is 35.4 Å². The number of benzene rings is 7. The number of aromatic nitrogens is 4. The monoisotopic (exact) mass is 959 g/mol. The van der Waals surface area contributed by atoms with E-state index in [2.05, 4.69) is 10.3 Å². The maximum absolute atomic E-state index is 14.7.